The second kappa shape index (κ2) is 9.21. The van der Waals surface area contributed by atoms with Gasteiger partial charge < -0.3 is 24.8 Å². The van der Waals surface area contributed by atoms with Gasteiger partial charge in [0.05, 0.1) is 6.61 Å². The largest absolute Gasteiger partial charge is 0.383 e. The zero-order valence-corrected chi connectivity index (χ0v) is 16.0. The summed E-state index contributed by atoms with van der Waals surface area (Å²) in [5.41, 5.74) is 2.08. The number of urea groups is 1. The molecule has 3 rings (SSSR count). The molecule has 2 fully saturated rings. The molecular weight excluding hydrogens is 330 g/mol. The number of anilines is 2. The first kappa shape index (κ1) is 18.9. The summed E-state index contributed by atoms with van der Waals surface area (Å²) < 4.78 is 5.12. The van der Waals surface area contributed by atoms with E-state index < -0.39 is 0 Å². The molecule has 0 radical (unpaired) electrons. The van der Waals surface area contributed by atoms with Gasteiger partial charge in [0.25, 0.3) is 0 Å². The Morgan fingerprint density at radius 2 is 1.65 bits per heavy atom. The van der Waals surface area contributed by atoms with Gasteiger partial charge in [-0.15, -0.1) is 0 Å². The number of methoxy groups -OCH3 is 1. The number of hydrogen-bond donors (Lipinski definition) is 1. The van der Waals surface area contributed by atoms with Crippen molar-refractivity contribution >= 4 is 17.4 Å². The quantitative estimate of drug-likeness (QED) is 0.855. The third-order valence-corrected chi connectivity index (χ3v) is 5.26. The Morgan fingerprint density at radius 1 is 1.00 bits per heavy atom. The number of likely N-dealkylation sites (N-methyl/N-ethyl adjacent to an activating group) is 1. The highest BCUT2D eigenvalue weighted by Gasteiger charge is 2.21. The summed E-state index contributed by atoms with van der Waals surface area (Å²) in [6, 6.07) is 8.19. The van der Waals surface area contributed by atoms with E-state index in [1.54, 1.807) is 7.11 Å². The van der Waals surface area contributed by atoms with Gasteiger partial charge in [0.1, 0.15) is 0 Å². The maximum absolute atomic E-state index is 12.5. The summed E-state index contributed by atoms with van der Waals surface area (Å²) in [4.78, 5) is 21.4. The summed E-state index contributed by atoms with van der Waals surface area (Å²) in [7, 11) is 3.88. The number of amides is 2. The molecule has 0 bridgehead atoms. The Kier molecular flexibility index (Phi) is 6.71. The van der Waals surface area contributed by atoms with E-state index in [1.165, 1.54) is 5.69 Å². The molecule has 0 saturated carbocycles. The minimum atomic E-state index is -0.0104. The molecule has 1 aromatic carbocycles. The molecule has 2 saturated heterocycles. The number of carbonyl (C=O) groups excluding carboxylic acids is 1. The third kappa shape index (κ3) is 5.09. The summed E-state index contributed by atoms with van der Waals surface area (Å²) >= 11 is 0. The number of benzene rings is 1. The van der Waals surface area contributed by atoms with E-state index in [0.29, 0.717) is 0 Å². The van der Waals surface area contributed by atoms with Crippen molar-refractivity contribution in [2.24, 2.45) is 0 Å². The van der Waals surface area contributed by atoms with E-state index in [0.717, 1.165) is 71.2 Å². The van der Waals surface area contributed by atoms with E-state index >= 15 is 0 Å². The lowest BCUT2D eigenvalue weighted by atomic mass is 10.2. The van der Waals surface area contributed by atoms with Crippen LogP contribution in [-0.2, 0) is 4.74 Å². The van der Waals surface area contributed by atoms with Crippen molar-refractivity contribution in [1.82, 2.24) is 14.7 Å². The van der Waals surface area contributed by atoms with Crippen molar-refractivity contribution in [3.05, 3.63) is 24.3 Å². The Hall–Kier alpha value is -1.83. The molecule has 0 aromatic heterocycles. The lowest BCUT2D eigenvalue weighted by molar-refractivity contribution is 0.109. The standard InChI is InChI=1S/C19H31N5O2/c1-21-7-11-23(12-8-21)18-5-3-17(4-6-18)20-19(25)24-13-9-22(10-14-24)15-16-26-2/h3-6H,7-16H2,1-2H3,(H,20,25). The van der Waals surface area contributed by atoms with Gasteiger partial charge in [-0.25, -0.2) is 4.79 Å². The highest BCUT2D eigenvalue weighted by Crippen LogP contribution is 2.19. The number of piperazine rings is 2. The molecule has 0 spiro atoms. The van der Waals surface area contributed by atoms with Gasteiger partial charge in [-0.05, 0) is 31.3 Å². The molecular formula is C19H31N5O2. The van der Waals surface area contributed by atoms with Gasteiger partial charge in [0.15, 0.2) is 0 Å². The molecule has 144 valence electrons. The van der Waals surface area contributed by atoms with E-state index in [1.807, 2.05) is 17.0 Å². The number of hydrogen-bond acceptors (Lipinski definition) is 5. The smallest absolute Gasteiger partial charge is 0.321 e. The Balaban J connectivity index is 1.46. The maximum atomic E-state index is 12.5. The maximum Gasteiger partial charge on any atom is 0.321 e. The van der Waals surface area contributed by atoms with Crippen LogP contribution in [0.2, 0.25) is 0 Å². The highest BCUT2D eigenvalue weighted by atomic mass is 16.5. The van der Waals surface area contributed by atoms with Crippen LogP contribution in [0.5, 0.6) is 0 Å². The Labute approximate surface area is 156 Å². The van der Waals surface area contributed by atoms with E-state index in [9.17, 15) is 4.79 Å². The Bertz CT molecular complexity index is 564. The third-order valence-electron chi connectivity index (χ3n) is 5.26. The van der Waals surface area contributed by atoms with Crippen LogP contribution in [0, 0.1) is 0 Å². The predicted octanol–water partition coefficient (Wildman–Crippen LogP) is 1.23. The van der Waals surface area contributed by atoms with Gasteiger partial charge in [-0.2, -0.15) is 0 Å². The second-order valence-corrected chi connectivity index (χ2v) is 7.09. The molecule has 1 aromatic rings. The molecule has 7 nitrogen and oxygen atoms in total. The fourth-order valence-corrected chi connectivity index (χ4v) is 3.42. The molecule has 26 heavy (non-hydrogen) atoms. The summed E-state index contributed by atoms with van der Waals surface area (Å²) in [5, 5.41) is 3.02. The first-order valence-corrected chi connectivity index (χ1v) is 9.46. The number of ether oxygens (including phenoxy) is 1. The first-order chi connectivity index (χ1) is 12.7. The lowest BCUT2D eigenvalue weighted by Crippen LogP contribution is -2.50. The molecule has 0 aliphatic carbocycles. The van der Waals surface area contributed by atoms with Crippen molar-refractivity contribution in [3.8, 4) is 0 Å². The van der Waals surface area contributed by atoms with Crippen molar-refractivity contribution in [1.29, 1.82) is 0 Å². The van der Waals surface area contributed by atoms with E-state index in [2.05, 4.69) is 39.2 Å². The predicted molar refractivity (Wildman–Crippen MR) is 105 cm³/mol. The monoisotopic (exact) mass is 361 g/mol. The van der Waals surface area contributed by atoms with Crippen molar-refractivity contribution in [3.63, 3.8) is 0 Å². The lowest BCUT2D eigenvalue weighted by Gasteiger charge is -2.35. The van der Waals surface area contributed by atoms with Gasteiger partial charge in [0.2, 0.25) is 0 Å². The fraction of sp³-hybridized carbons (Fsp3) is 0.632. The van der Waals surface area contributed by atoms with Crippen LogP contribution in [0.1, 0.15) is 0 Å². The van der Waals surface area contributed by atoms with Crippen LogP contribution in [0.25, 0.3) is 0 Å². The minimum Gasteiger partial charge on any atom is -0.383 e. The molecule has 7 heteroatoms. The van der Waals surface area contributed by atoms with Crippen LogP contribution in [0.15, 0.2) is 24.3 Å². The summed E-state index contributed by atoms with van der Waals surface area (Å²) in [5.74, 6) is 0. The molecule has 2 aliphatic heterocycles. The topological polar surface area (TPSA) is 51.3 Å². The second-order valence-electron chi connectivity index (χ2n) is 7.09. The zero-order chi connectivity index (χ0) is 18.4. The summed E-state index contributed by atoms with van der Waals surface area (Å²) in [6.07, 6.45) is 0. The van der Waals surface area contributed by atoms with Crippen molar-refractivity contribution < 1.29 is 9.53 Å². The molecule has 1 N–H and O–H groups in total. The van der Waals surface area contributed by atoms with Crippen LogP contribution in [0.4, 0.5) is 16.2 Å². The van der Waals surface area contributed by atoms with Crippen molar-refractivity contribution in [2.75, 3.05) is 89.9 Å². The van der Waals surface area contributed by atoms with Crippen molar-refractivity contribution in [2.45, 2.75) is 0 Å². The van der Waals surface area contributed by atoms with E-state index in [4.69, 9.17) is 4.74 Å². The molecule has 2 heterocycles. The Morgan fingerprint density at radius 3 is 2.27 bits per heavy atom. The average molecular weight is 361 g/mol. The van der Waals surface area contributed by atoms with Gasteiger partial charge in [-0.3, -0.25) is 4.90 Å². The fourth-order valence-electron chi connectivity index (χ4n) is 3.42. The van der Waals surface area contributed by atoms with Gasteiger partial charge in [-0.1, -0.05) is 0 Å². The number of carbonyl (C=O) groups is 1. The number of nitrogens with zero attached hydrogens (tertiary/aromatic N) is 4. The van der Waals surface area contributed by atoms with Crippen LogP contribution in [-0.4, -0.2) is 100 Å². The van der Waals surface area contributed by atoms with Gasteiger partial charge >= 0.3 is 6.03 Å². The van der Waals surface area contributed by atoms with E-state index in [-0.39, 0.29) is 6.03 Å². The number of rotatable bonds is 5. The average Bonchev–Trinajstić information content (AvgIpc) is 2.68. The summed E-state index contributed by atoms with van der Waals surface area (Å²) in [6.45, 7) is 9.28. The van der Waals surface area contributed by atoms with Crippen LogP contribution >= 0.6 is 0 Å². The number of nitrogens with one attached hydrogen (secondary N) is 1. The molecule has 0 unspecified atom stereocenters. The molecule has 2 amide bonds. The SMILES string of the molecule is COCCN1CCN(C(=O)Nc2ccc(N3CCN(C)CC3)cc2)CC1. The van der Waals surface area contributed by atoms with Crippen LogP contribution < -0.4 is 10.2 Å². The molecule has 2 aliphatic rings. The zero-order valence-electron chi connectivity index (χ0n) is 16.0. The van der Waals surface area contributed by atoms with Crippen LogP contribution in [0.3, 0.4) is 0 Å². The normalized spacial score (nSPS) is 19.6. The minimum absolute atomic E-state index is 0.0104. The van der Waals surface area contributed by atoms with Gasteiger partial charge in [0, 0.05) is 77.4 Å². The molecule has 0 atom stereocenters. The first-order valence-electron chi connectivity index (χ1n) is 9.46. The highest BCUT2D eigenvalue weighted by molar-refractivity contribution is 5.89.